The van der Waals surface area contributed by atoms with Crippen LogP contribution in [0.2, 0.25) is 0 Å². The summed E-state index contributed by atoms with van der Waals surface area (Å²) in [4.78, 5) is 0. The molecule has 1 aromatic carbocycles. The molecule has 2 nitrogen and oxygen atoms in total. The standard InChI is InChI=1S/C15H23NO/c1-2-4-13-6-8-15(9-7-13)17-12-14-5-3-10-16-11-14/h6-9,14,16H,2-5,10-12H2,1H3/t14-/m1/s1. The molecule has 2 heteroatoms. The van der Waals surface area contributed by atoms with Gasteiger partial charge in [0.25, 0.3) is 0 Å². The van der Waals surface area contributed by atoms with E-state index in [9.17, 15) is 0 Å². The second kappa shape index (κ2) is 6.65. The summed E-state index contributed by atoms with van der Waals surface area (Å²) in [6.45, 7) is 5.33. The highest BCUT2D eigenvalue weighted by molar-refractivity contribution is 5.27. The van der Waals surface area contributed by atoms with Gasteiger partial charge in [-0.2, -0.15) is 0 Å². The molecule has 1 aliphatic rings. The van der Waals surface area contributed by atoms with Crippen LogP contribution in [0.3, 0.4) is 0 Å². The van der Waals surface area contributed by atoms with Gasteiger partial charge >= 0.3 is 0 Å². The number of aryl methyl sites for hydroxylation is 1. The average Bonchev–Trinajstić information content (AvgIpc) is 2.40. The summed E-state index contributed by atoms with van der Waals surface area (Å²) in [7, 11) is 0. The van der Waals surface area contributed by atoms with Gasteiger partial charge in [0.1, 0.15) is 5.75 Å². The Balaban J connectivity index is 1.77. The van der Waals surface area contributed by atoms with Crippen molar-refractivity contribution in [2.75, 3.05) is 19.7 Å². The lowest BCUT2D eigenvalue weighted by atomic mass is 10.0. The highest BCUT2D eigenvalue weighted by atomic mass is 16.5. The summed E-state index contributed by atoms with van der Waals surface area (Å²) >= 11 is 0. The molecule has 0 radical (unpaired) electrons. The zero-order chi connectivity index (χ0) is 11.9. The maximum absolute atomic E-state index is 5.84. The number of ether oxygens (including phenoxy) is 1. The van der Waals surface area contributed by atoms with Crippen molar-refractivity contribution in [2.45, 2.75) is 32.6 Å². The summed E-state index contributed by atoms with van der Waals surface area (Å²) < 4.78 is 5.84. The van der Waals surface area contributed by atoms with Gasteiger partial charge in [0.05, 0.1) is 6.61 Å². The molecule has 0 aromatic heterocycles. The largest absolute Gasteiger partial charge is 0.493 e. The maximum Gasteiger partial charge on any atom is 0.119 e. The van der Waals surface area contributed by atoms with Gasteiger partial charge in [0.15, 0.2) is 0 Å². The molecule has 1 N–H and O–H groups in total. The van der Waals surface area contributed by atoms with Crippen molar-refractivity contribution >= 4 is 0 Å². The van der Waals surface area contributed by atoms with Gasteiger partial charge in [-0.1, -0.05) is 25.5 Å². The number of piperidine rings is 1. The molecule has 0 amide bonds. The molecule has 0 bridgehead atoms. The summed E-state index contributed by atoms with van der Waals surface area (Å²) in [5.41, 5.74) is 1.40. The zero-order valence-corrected chi connectivity index (χ0v) is 10.7. The minimum Gasteiger partial charge on any atom is -0.493 e. The fraction of sp³-hybridized carbons (Fsp3) is 0.600. The molecule has 0 unspecified atom stereocenters. The van der Waals surface area contributed by atoms with Gasteiger partial charge < -0.3 is 10.1 Å². The monoisotopic (exact) mass is 233 g/mol. The first-order chi connectivity index (χ1) is 8.38. The van der Waals surface area contributed by atoms with Crippen LogP contribution in [-0.4, -0.2) is 19.7 Å². The molecule has 1 saturated heterocycles. The van der Waals surface area contributed by atoms with Crippen molar-refractivity contribution in [3.05, 3.63) is 29.8 Å². The van der Waals surface area contributed by atoms with Crippen molar-refractivity contribution < 1.29 is 4.74 Å². The summed E-state index contributed by atoms with van der Waals surface area (Å²) in [5, 5.41) is 3.42. The Morgan fingerprint density at radius 2 is 2.12 bits per heavy atom. The van der Waals surface area contributed by atoms with Crippen LogP contribution in [0, 0.1) is 5.92 Å². The molecule has 1 aromatic rings. The number of hydrogen-bond acceptors (Lipinski definition) is 2. The fourth-order valence-electron chi connectivity index (χ4n) is 2.32. The Kier molecular flexibility index (Phi) is 4.87. The van der Waals surface area contributed by atoms with Gasteiger partial charge in [-0.05, 0) is 43.5 Å². The third kappa shape index (κ3) is 4.04. The van der Waals surface area contributed by atoms with Crippen molar-refractivity contribution in [3.63, 3.8) is 0 Å². The van der Waals surface area contributed by atoms with E-state index in [0.717, 1.165) is 25.3 Å². The molecule has 1 fully saturated rings. The first-order valence-electron chi connectivity index (χ1n) is 6.81. The molecular weight excluding hydrogens is 210 g/mol. The number of nitrogens with one attached hydrogen (secondary N) is 1. The third-order valence-electron chi connectivity index (χ3n) is 3.35. The van der Waals surface area contributed by atoms with E-state index in [1.165, 1.54) is 31.4 Å². The van der Waals surface area contributed by atoms with E-state index < -0.39 is 0 Å². The minimum atomic E-state index is 0.680. The van der Waals surface area contributed by atoms with Gasteiger partial charge in [-0.25, -0.2) is 0 Å². The normalized spacial score (nSPS) is 20.2. The van der Waals surface area contributed by atoms with Crippen molar-refractivity contribution in [2.24, 2.45) is 5.92 Å². The lowest BCUT2D eigenvalue weighted by Crippen LogP contribution is -2.33. The minimum absolute atomic E-state index is 0.680. The Morgan fingerprint density at radius 1 is 1.29 bits per heavy atom. The quantitative estimate of drug-likeness (QED) is 0.844. The molecule has 1 aliphatic heterocycles. The summed E-state index contributed by atoms with van der Waals surface area (Å²) in [6, 6.07) is 8.55. The molecule has 1 heterocycles. The lowest BCUT2D eigenvalue weighted by Gasteiger charge is -2.22. The van der Waals surface area contributed by atoms with E-state index in [2.05, 4.69) is 36.5 Å². The molecular formula is C15H23NO. The van der Waals surface area contributed by atoms with Crippen molar-refractivity contribution in [1.29, 1.82) is 0 Å². The molecule has 17 heavy (non-hydrogen) atoms. The van der Waals surface area contributed by atoms with Gasteiger partial charge in [-0.15, -0.1) is 0 Å². The van der Waals surface area contributed by atoms with E-state index in [4.69, 9.17) is 4.74 Å². The maximum atomic E-state index is 5.84. The van der Waals surface area contributed by atoms with Crippen LogP contribution in [0.15, 0.2) is 24.3 Å². The fourth-order valence-corrected chi connectivity index (χ4v) is 2.32. The first kappa shape index (κ1) is 12.4. The molecule has 94 valence electrons. The Morgan fingerprint density at radius 3 is 2.76 bits per heavy atom. The highest BCUT2D eigenvalue weighted by Gasteiger charge is 2.13. The first-order valence-corrected chi connectivity index (χ1v) is 6.81. The van der Waals surface area contributed by atoms with Crippen LogP contribution in [0.25, 0.3) is 0 Å². The van der Waals surface area contributed by atoms with Gasteiger partial charge in [0.2, 0.25) is 0 Å². The van der Waals surface area contributed by atoms with Crippen molar-refractivity contribution in [1.82, 2.24) is 5.32 Å². The number of benzene rings is 1. The highest BCUT2D eigenvalue weighted by Crippen LogP contribution is 2.16. The van der Waals surface area contributed by atoms with E-state index in [1.54, 1.807) is 0 Å². The molecule has 1 atom stereocenters. The van der Waals surface area contributed by atoms with Crippen LogP contribution >= 0.6 is 0 Å². The number of hydrogen-bond donors (Lipinski definition) is 1. The molecule has 0 spiro atoms. The SMILES string of the molecule is CCCc1ccc(OC[C@@H]2CCCNC2)cc1. The Hall–Kier alpha value is -1.02. The van der Waals surface area contributed by atoms with Crippen LogP contribution in [0.4, 0.5) is 0 Å². The van der Waals surface area contributed by atoms with E-state index in [1.807, 2.05) is 0 Å². The second-order valence-corrected chi connectivity index (χ2v) is 4.92. The molecule has 0 saturated carbocycles. The van der Waals surface area contributed by atoms with Gasteiger partial charge in [0, 0.05) is 12.5 Å². The van der Waals surface area contributed by atoms with Gasteiger partial charge in [-0.3, -0.25) is 0 Å². The van der Waals surface area contributed by atoms with Crippen molar-refractivity contribution in [3.8, 4) is 5.75 Å². The topological polar surface area (TPSA) is 21.3 Å². The predicted molar refractivity (Wildman–Crippen MR) is 71.5 cm³/mol. The lowest BCUT2D eigenvalue weighted by molar-refractivity contribution is 0.218. The Labute approximate surface area is 104 Å². The molecule has 0 aliphatic carbocycles. The van der Waals surface area contributed by atoms with Crippen LogP contribution < -0.4 is 10.1 Å². The predicted octanol–water partition coefficient (Wildman–Crippen LogP) is 3.02. The number of rotatable bonds is 5. The smallest absolute Gasteiger partial charge is 0.119 e. The second-order valence-electron chi connectivity index (χ2n) is 4.92. The van der Waals surface area contributed by atoms with E-state index >= 15 is 0 Å². The average molecular weight is 233 g/mol. The third-order valence-corrected chi connectivity index (χ3v) is 3.35. The van der Waals surface area contributed by atoms with Crippen LogP contribution in [0.5, 0.6) is 5.75 Å². The molecule has 2 rings (SSSR count). The summed E-state index contributed by atoms with van der Waals surface area (Å²) in [5.74, 6) is 1.69. The van der Waals surface area contributed by atoms with E-state index in [-0.39, 0.29) is 0 Å². The Bertz CT molecular complexity index is 314. The van der Waals surface area contributed by atoms with Crippen LogP contribution in [0.1, 0.15) is 31.7 Å². The van der Waals surface area contributed by atoms with E-state index in [0.29, 0.717) is 5.92 Å². The van der Waals surface area contributed by atoms with Crippen LogP contribution in [-0.2, 0) is 6.42 Å². The summed E-state index contributed by atoms with van der Waals surface area (Å²) in [6.07, 6.45) is 4.94. The zero-order valence-electron chi connectivity index (χ0n) is 10.7.